The van der Waals surface area contributed by atoms with E-state index in [1.165, 1.54) is 7.11 Å². The number of aliphatic hydroxyl groups is 1. The van der Waals surface area contributed by atoms with Crippen LogP contribution in [0.2, 0.25) is 0 Å². The molecule has 0 fully saturated rings. The van der Waals surface area contributed by atoms with Crippen LogP contribution in [0.15, 0.2) is 0 Å². The maximum absolute atomic E-state index is 10.6. The van der Waals surface area contributed by atoms with Gasteiger partial charge in [0.25, 0.3) is 0 Å². The molecule has 0 saturated heterocycles. The van der Waals surface area contributed by atoms with Gasteiger partial charge < -0.3 is 14.5 Å². The average molecular weight is 154 g/mol. The first-order valence-corrected chi connectivity index (χ1v) is 4.37. The van der Waals surface area contributed by atoms with Crippen molar-refractivity contribution >= 4 is 7.60 Å². The predicted octanol–water partition coefficient (Wildman–Crippen LogP) is 0.201. The highest BCUT2D eigenvalue weighted by atomic mass is 31.2. The van der Waals surface area contributed by atoms with Crippen molar-refractivity contribution in [2.24, 2.45) is 0 Å². The van der Waals surface area contributed by atoms with Crippen LogP contribution in [0.1, 0.15) is 6.42 Å². The quantitative estimate of drug-likeness (QED) is 0.567. The summed E-state index contributed by atoms with van der Waals surface area (Å²) in [5.41, 5.74) is 0. The highest BCUT2D eigenvalue weighted by Crippen LogP contribution is 2.40. The van der Waals surface area contributed by atoms with Crippen molar-refractivity contribution in [1.82, 2.24) is 0 Å². The third-order valence-electron chi connectivity index (χ3n) is 0.884. The summed E-state index contributed by atoms with van der Waals surface area (Å²) in [4.78, 5) is 8.68. The molecule has 0 amide bonds. The lowest BCUT2D eigenvalue weighted by Crippen LogP contribution is -1.93. The van der Waals surface area contributed by atoms with Gasteiger partial charge in [-0.15, -0.1) is 0 Å². The third-order valence-corrected chi connectivity index (χ3v) is 2.34. The van der Waals surface area contributed by atoms with Crippen molar-refractivity contribution in [1.29, 1.82) is 0 Å². The first-order valence-electron chi connectivity index (χ1n) is 2.61. The zero-order valence-electron chi connectivity index (χ0n) is 5.28. The largest absolute Gasteiger partial charge is 0.396 e. The maximum Gasteiger partial charge on any atom is 0.327 e. The Morgan fingerprint density at radius 1 is 1.67 bits per heavy atom. The Labute approximate surface area is 54.0 Å². The van der Waals surface area contributed by atoms with Crippen LogP contribution in [0.4, 0.5) is 0 Å². The molecule has 0 rings (SSSR count). The zero-order chi connectivity index (χ0) is 7.33. The van der Waals surface area contributed by atoms with Gasteiger partial charge in [-0.1, -0.05) is 0 Å². The molecule has 0 aromatic heterocycles. The molecule has 0 saturated carbocycles. The SMILES string of the molecule is COP(=O)(O)CCCO. The van der Waals surface area contributed by atoms with Gasteiger partial charge in [0.05, 0.1) is 6.16 Å². The molecule has 0 aromatic carbocycles. The minimum absolute atomic E-state index is 0.0278. The lowest BCUT2D eigenvalue weighted by molar-refractivity contribution is 0.280. The number of hydrogen-bond donors (Lipinski definition) is 2. The van der Waals surface area contributed by atoms with Crippen LogP contribution in [0, 0.1) is 0 Å². The van der Waals surface area contributed by atoms with Crippen molar-refractivity contribution in [3.05, 3.63) is 0 Å². The van der Waals surface area contributed by atoms with E-state index in [-0.39, 0.29) is 12.8 Å². The topological polar surface area (TPSA) is 66.8 Å². The van der Waals surface area contributed by atoms with E-state index in [9.17, 15) is 4.57 Å². The first kappa shape index (κ1) is 9.11. The minimum atomic E-state index is -3.35. The highest BCUT2D eigenvalue weighted by molar-refractivity contribution is 7.52. The Bertz CT molecular complexity index is 113. The van der Waals surface area contributed by atoms with Crippen LogP contribution in [-0.2, 0) is 9.09 Å². The van der Waals surface area contributed by atoms with Gasteiger partial charge in [-0.05, 0) is 6.42 Å². The second kappa shape index (κ2) is 4.01. The maximum atomic E-state index is 10.6. The van der Waals surface area contributed by atoms with E-state index in [2.05, 4.69) is 4.52 Å². The summed E-state index contributed by atoms with van der Waals surface area (Å²) >= 11 is 0. The van der Waals surface area contributed by atoms with Crippen molar-refractivity contribution < 1.29 is 19.1 Å². The molecule has 0 aliphatic rings. The van der Waals surface area contributed by atoms with Crippen molar-refractivity contribution in [3.63, 3.8) is 0 Å². The summed E-state index contributed by atoms with van der Waals surface area (Å²) in [6.45, 7) is -0.0755. The summed E-state index contributed by atoms with van der Waals surface area (Å²) in [6.07, 6.45) is 0.335. The smallest absolute Gasteiger partial charge is 0.327 e. The summed E-state index contributed by atoms with van der Waals surface area (Å²) in [6, 6.07) is 0. The molecule has 0 aromatic rings. The molecule has 56 valence electrons. The van der Waals surface area contributed by atoms with Crippen molar-refractivity contribution in [3.8, 4) is 0 Å². The molecule has 2 N–H and O–H groups in total. The molecule has 9 heavy (non-hydrogen) atoms. The number of aliphatic hydroxyl groups excluding tert-OH is 1. The van der Waals surface area contributed by atoms with Crippen LogP contribution in [0.5, 0.6) is 0 Å². The lowest BCUT2D eigenvalue weighted by Gasteiger charge is -2.05. The van der Waals surface area contributed by atoms with Gasteiger partial charge in [0.1, 0.15) is 0 Å². The summed E-state index contributed by atoms with van der Waals surface area (Å²) in [5.74, 6) is 0. The standard InChI is InChI=1S/C4H11O4P/c1-8-9(6,7)4-2-3-5/h5H,2-4H2,1H3,(H,6,7). The van der Waals surface area contributed by atoms with Gasteiger partial charge in [-0.3, -0.25) is 4.57 Å². The number of rotatable bonds is 4. The number of hydrogen-bond acceptors (Lipinski definition) is 3. The van der Waals surface area contributed by atoms with E-state index in [0.29, 0.717) is 6.42 Å². The fourth-order valence-corrected chi connectivity index (χ4v) is 1.09. The molecule has 4 nitrogen and oxygen atoms in total. The van der Waals surface area contributed by atoms with Crippen LogP contribution < -0.4 is 0 Å². The normalized spacial score (nSPS) is 17.2. The van der Waals surface area contributed by atoms with E-state index < -0.39 is 7.60 Å². The highest BCUT2D eigenvalue weighted by Gasteiger charge is 2.14. The second-order valence-electron chi connectivity index (χ2n) is 1.62. The molecule has 1 atom stereocenters. The molecule has 0 aliphatic carbocycles. The predicted molar refractivity (Wildman–Crippen MR) is 33.4 cm³/mol. The Kier molecular flexibility index (Phi) is 4.06. The molecule has 0 heterocycles. The van der Waals surface area contributed by atoms with Crippen LogP contribution in [-0.4, -0.2) is 29.9 Å². The van der Waals surface area contributed by atoms with Gasteiger partial charge in [0.15, 0.2) is 0 Å². The minimum Gasteiger partial charge on any atom is -0.396 e. The Morgan fingerprint density at radius 2 is 2.22 bits per heavy atom. The fraction of sp³-hybridized carbons (Fsp3) is 1.00. The molecule has 5 heteroatoms. The van der Waals surface area contributed by atoms with E-state index in [1.807, 2.05) is 0 Å². The Hall–Kier alpha value is 0.110. The second-order valence-corrected chi connectivity index (χ2v) is 3.71. The molecular weight excluding hydrogens is 143 g/mol. The average Bonchev–Trinajstić information content (AvgIpc) is 1.84. The fourth-order valence-electron chi connectivity index (χ4n) is 0.362. The monoisotopic (exact) mass is 154 g/mol. The lowest BCUT2D eigenvalue weighted by atomic mass is 10.5. The van der Waals surface area contributed by atoms with Gasteiger partial charge in [-0.25, -0.2) is 0 Å². The van der Waals surface area contributed by atoms with Gasteiger partial charge >= 0.3 is 7.60 Å². The van der Waals surface area contributed by atoms with Crippen molar-refractivity contribution in [2.45, 2.75) is 6.42 Å². The molecule has 0 spiro atoms. The van der Waals surface area contributed by atoms with E-state index in [4.69, 9.17) is 10.00 Å². The van der Waals surface area contributed by atoms with E-state index in [0.717, 1.165) is 0 Å². The molecule has 1 unspecified atom stereocenters. The zero-order valence-corrected chi connectivity index (χ0v) is 6.17. The summed E-state index contributed by atoms with van der Waals surface area (Å²) in [7, 11) is -2.17. The van der Waals surface area contributed by atoms with Crippen LogP contribution in [0.3, 0.4) is 0 Å². The molecule has 0 aliphatic heterocycles. The van der Waals surface area contributed by atoms with Gasteiger partial charge in [-0.2, -0.15) is 0 Å². The molecule has 0 bridgehead atoms. The van der Waals surface area contributed by atoms with E-state index >= 15 is 0 Å². The van der Waals surface area contributed by atoms with Gasteiger partial charge in [0.2, 0.25) is 0 Å². The molecular formula is C4H11O4P. The molecule has 0 radical (unpaired) electrons. The van der Waals surface area contributed by atoms with Crippen molar-refractivity contribution in [2.75, 3.05) is 19.9 Å². The Morgan fingerprint density at radius 3 is 2.56 bits per heavy atom. The van der Waals surface area contributed by atoms with Crippen LogP contribution in [0.25, 0.3) is 0 Å². The Balaban J connectivity index is 3.46. The third kappa shape index (κ3) is 4.60. The van der Waals surface area contributed by atoms with E-state index in [1.54, 1.807) is 0 Å². The van der Waals surface area contributed by atoms with Crippen LogP contribution >= 0.6 is 7.60 Å². The first-order chi connectivity index (χ1) is 4.12. The summed E-state index contributed by atoms with van der Waals surface area (Å²) in [5, 5.41) is 8.24. The van der Waals surface area contributed by atoms with Gasteiger partial charge in [0, 0.05) is 13.7 Å². The summed E-state index contributed by atoms with van der Waals surface area (Å²) < 4.78 is 14.8.